The Morgan fingerprint density at radius 1 is 1.60 bits per heavy atom. The van der Waals surface area contributed by atoms with Crippen molar-refractivity contribution in [2.45, 2.75) is 19.4 Å². The second kappa shape index (κ2) is 3.90. The van der Waals surface area contributed by atoms with E-state index in [0.29, 0.717) is 16.8 Å². The summed E-state index contributed by atoms with van der Waals surface area (Å²) in [5.74, 6) is 0.325. The Morgan fingerprint density at radius 3 is 3.00 bits per heavy atom. The summed E-state index contributed by atoms with van der Waals surface area (Å²) in [7, 11) is 0. The maximum Gasteiger partial charge on any atom is 0.199 e. The highest BCUT2D eigenvalue weighted by Gasteiger charge is 2.12. The van der Waals surface area contributed by atoms with Gasteiger partial charge in [0.2, 0.25) is 0 Å². The van der Waals surface area contributed by atoms with E-state index < -0.39 is 0 Å². The van der Waals surface area contributed by atoms with E-state index in [9.17, 15) is 4.39 Å². The average molecular weight is 272 g/mol. The Balaban J connectivity index is 2.65. The fourth-order valence-electron chi connectivity index (χ4n) is 1.55. The number of pyridine rings is 1. The van der Waals surface area contributed by atoms with Crippen LogP contribution in [0.2, 0.25) is 0 Å². The maximum absolute atomic E-state index is 13.6. The standard InChI is InChI=1S/C10H11BrFN3/c1-6(13)5-9-14-10(11)7-3-2-4-8(12)15(7)9/h2-4,6H,5,13H2,1H3. The summed E-state index contributed by atoms with van der Waals surface area (Å²) in [5.41, 5.74) is 6.41. The zero-order valence-corrected chi connectivity index (χ0v) is 9.83. The molecule has 0 saturated heterocycles. The number of nitrogens with two attached hydrogens (primary N) is 1. The van der Waals surface area contributed by atoms with Crippen LogP contribution in [0.4, 0.5) is 4.39 Å². The normalized spacial score (nSPS) is 13.3. The van der Waals surface area contributed by atoms with Crippen LogP contribution in [0, 0.1) is 5.95 Å². The molecule has 0 aromatic carbocycles. The number of hydrogen-bond donors (Lipinski definition) is 1. The number of aromatic nitrogens is 2. The van der Waals surface area contributed by atoms with Gasteiger partial charge in [-0.1, -0.05) is 6.07 Å². The van der Waals surface area contributed by atoms with E-state index in [1.54, 1.807) is 6.07 Å². The molecular formula is C10H11BrFN3. The minimum Gasteiger partial charge on any atom is -0.328 e. The van der Waals surface area contributed by atoms with Crippen LogP contribution < -0.4 is 5.73 Å². The predicted molar refractivity (Wildman–Crippen MR) is 60.2 cm³/mol. The second-order valence-corrected chi connectivity index (χ2v) is 4.32. The summed E-state index contributed by atoms with van der Waals surface area (Å²) in [4.78, 5) is 4.25. The van der Waals surface area contributed by atoms with Crippen molar-refractivity contribution in [3.63, 3.8) is 0 Å². The summed E-state index contributed by atoms with van der Waals surface area (Å²) >= 11 is 3.30. The van der Waals surface area contributed by atoms with Crippen LogP contribution in [-0.2, 0) is 6.42 Å². The summed E-state index contributed by atoms with van der Waals surface area (Å²) in [6, 6.07) is 4.84. The van der Waals surface area contributed by atoms with Gasteiger partial charge in [-0.25, -0.2) is 4.98 Å². The molecule has 0 spiro atoms. The molecular weight excluding hydrogens is 261 g/mol. The van der Waals surface area contributed by atoms with E-state index >= 15 is 0 Å². The Labute approximate surface area is 95.2 Å². The van der Waals surface area contributed by atoms with E-state index in [4.69, 9.17) is 5.73 Å². The lowest BCUT2D eigenvalue weighted by Crippen LogP contribution is -2.19. The number of halogens is 2. The van der Waals surface area contributed by atoms with Crippen molar-refractivity contribution in [3.8, 4) is 0 Å². The average Bonchev–Trinajstić information content (AvgIpc) is 2.44. The Kier molecular flexibility index (Phi) is 2.75. The monoisotopic (exact) mass is 271 g/mol. The van der Waals surface area contributed by atoms with Gasteiger partial charge in [0.1, 0.15) is 10.4 Å². The first-order valence-electron chi connectivity index (χ1n) is 4.66. The Hall–Kier alpha value is -0.940. The Morgan fingerprint density at radius 2 is 2.33 bits per heavy atom. The third kappa shape index (κ3) is 1.89. The molecule has 1 atom stereocenters. The highest BCUT2D eigenvalue weighted by atomic mass is 79.9. The van der Waals surface area contributed by atoms with Crippen molar-refractivity contribution < 1.29 is 4.39 Å². The van der Waals surface area contributed by atoms with Crippen LogP contribution in [0.15, 0.2) is 22.8 Å². The number of fused-ring (bicyclic) bond motifs is 1. The smallest absolute Gasteiger partial charge is 0.199 e. The maximum atomic E-state index is 13.6. The topological polar surface area (TPSA) is 43.3 Å². The minimum absolute atomic E-state index is 0.0397. The first-order chi connectivity index (χ1) is 7.09. The van der Waals surface area contributed by atoms with Gasteiger partial charge in [0.05, 0.1) is 5.52 Å². The highest BCUT2D eigenvalue weighted by molar-refractivity contribution is 9.10. The van der Waals surface area contributed by atoms with E-state index in [0.717, 1.165) is 5.52 Å². The molecule has 0 saturated carbocycles. The van der Waals surface area contributed by atoms with Gasteiger partial charge in [-0.05, 0) is 35.0 Å². The van der Waals surface area contributed by atoms with Crippen LogP contribution in [0.3, 0.4) is 0 Å². The van der Waals surface area contributed by atoms with Crippen LogP contribution in [0.25, 0.3) is 5.52 Å². The SMILES string of the molecule is CC(N)Cc1nc(Br)c2cccc(F)n12. The van der Waals surface area contributed by atoms with E-state index in [2.05, 4.69) is 20.9 Å². The van der Waals surface area contributed by atoms with Gasteiger partial charge in [0.15, 0.2) is 5.95 Å². The molecule has 0 aliphatic carbocycles. The second-order valence-electron chi connectivity index (χ2n) is 3.57. The van der Waals surface area contributed by atoms with Crippen LogP contribution in [0.5, 0.6) is 0 Å². The zero-order chi connectivity index (χ0) is 11.0. The molecule has 2 N–H and O–H groups in total. The summed E-state index contributed by atoms with van der Waals surface area (Å²) in [6.45, 7) is 1.87. The molecule has 0 aliphatic heterocycles. The highest BCUT2D eigenvalue weighted by Crippen LogP contribution is 2.20. The first kappa shape index (κ1) is 10.6. The fourth-order valence-corrected chi connectivity index (χ4v) is 2.07. The number of imidazole rings is 1. The molecule has 0 bridgehead atoms. The lowest BCUT2D eigenvalue weighted by molar-refractivity contribution is 0.551. The summed E-state index contributed by atoms with van der Waals surface area (Å²) in [5, 5.41) is 0. The van der Waals surface area contributed by atoms with E-state index in [-0.39, 0.29) is 12.0 Å². The molecule has 1 unspecified atom stereocenters. The summed E-state index contributed by atoms with van der Waals surface area (Å²) < 4.78 is 15.7. The molecule has 0 amide bonds. The number of nitrogens with zero attached hydrogens (tertiary/aromatic N) is 2. The summed E-state index contributed by atoms with van der Waals surface area (Å²) in [6.07, 6.45) is 0.549. The van der Waals surface area contributed by atoms with Gasteiger partial charge in [-0.2, -0.15) is 4.39 Å². The molecule has 2 aromatic heterocycles. The van der Waals surface area contributed by atoms with E-state index in [1.165, 1.54) is 10.5 Å². The predicted octanol–water partition coefficient (Wildman–Crippen LogP) is 2.13. The lowest BCUT2D eigenvalue weighted by atomic mass is 10.2. The van der Waals surface area contributed by atoms with Gasteiger partial charge in [-0.3, -0.25) is 4.40 Å². The van der Waals surface area contributed by atoms with Crippen molar-refractivity contribution in [1.29, 1.82) is 0 Å². The quantitative estimate of drug-likeness (QED) is 0.851. The van der Waals surface area contributed by atoms with Crippen molar-refractivity contribution in [3.05, 3.63) is 34.6 Å². The van der Waals surface area contributed by atoms with Gasteiger partial charge >= 0.3 is 0 Å². The van der Waals surface area contributed by atoms with Gasteiger partial charge in [-0.15, -0.1) is 0 Å². The molecule has 80 valence electrons. The zero-order valence-electron chi connectivity index (χ0n) is 8.24. The molecule has 5 heteroatoms. The molecule has 0 aliphatic rings. The molecule has 0 radical (unpaired) electrons. The Bertz CT molecular complexity index is 493. The van der Waals surface area contributed by atoms with Crippen LogP contribution in [-0.4, -0.2) is 15.4 Å². The fraction of sp³-hybridized carbons (Fsp3) is 0.300. The third-order valence-corrected chi connectivity index (χ3v) is 2.73. The van der Waals surface area contributed by atoms with E-state index in [1.807, 2.05) is 13.0 Å². The molecule has 0 fully saturated rings. The largest absolute Gasteiger partial charge is 0.328 e. The molecule has 2 rings (SSSR count). The number of rotatable bonds is 2. The van der Waals surface area contributed by atoms with Gasteiger partial charge in [0.25, 0.3) is 0 Å². The minimum atomic E-state index is -0.318. The molecule has 15 heavy (non-hydrogen) atoms. The van der Waals surface area contributed by atoms with Crippen LogP contribution in [0.1, 0.15) is 12.7 Å². The number of hydrogen-bond acceptors (Lipinski definition) is 2. The van der Waals surface area contributed by atoms with Gasteiger partial charge < -0.3 is 5.73 Å². The first-order valence-corrected chi connectivity index (χ1v) is 5.46. The third-order valence-electron chi connectivity index (χ3n) is 2.14. The molecule has 2 aromatic rings. The van der Waals surface area contributed by atoms with Crippen LogP contribution >= 0.6 is 15.9 Å². The van der Waals surface area contributed by atoms with Crippen molar-refractivity contribution in [2.75, 3.05) is 0 Å². The molecule has 2 heterocycles. The van der Waals surface area contributed by atoms with Gasteiger partial charge in [0, 0.05) is 12.5 Å². The van der Waals surface area contributed by atoms with Crippen molar-refractivity contribution in [1.82, 2.24) is 9.38 Å². The van der Waals surface area contributed by atoms with Crippen molar-refractivity contribution >= 4 is 21.4 Å². The lowest BCUT2D eigenvalue weighted by Gasteiger charge is -2.04. The van der Waals surface area contributed by atoms with Crippen molar-refractivity contribution in [2.24, 2.45) is 5.73 Å². The molecule has 3 nitrogen and oxygen atoms in total.